The van der Waals surface area contributed by atoms with Gasteiger partial charge in [-0.3, -0.25) is 0 Å². The highest BCUT2D eigenvalue weighted by molar-refractivity contribution is 5.57. The first-order chi connectivity index (χ1) is 12.8. The molecule has 1 aliphatic rings. The minimum atomic E-state index is 0.411. The summed E-state index contributed by atoms with van der Waals surface area (Å²) in [6, 6.07) is 3.58. The number of likely N-dealkylation sites (tertiary alicyclic amines) is 1. The quantitative estimate of drug-likeness (QED) is 0.456. The van der Waals surface area contributed by atoms with E-state index in [-0.39, 0.29) is 0 Å². The highest BCUT2D eigenvalue weighted by atomic mass is 16.7. The van der Waals surface area contributed by atoms with Gasteiger partial charge in [-0.25, -0.2) is 9.97 Å². The van der Waals surface area contributed by atoms with Crippen LogP contribution < -0.4 is 25.7 Å². The van der Waals surface area contributed by atoms with Gasteiger partial charge in [0.05, 0.1) is 19.0 Å². The lowest BCUT2D eigenvalue weighted by Gasteiger charge is -2.16. The number of ether oxygens (including phenoxy) is 1. The zero-order valence-electron chi connectivity index (χ0n) is 15.2. The van der Waals surface area contributed by atoms with Crippen molar-refractivity contribution in [1.82, 2.24) is 25.3 Å². The maximum Gasteiger partial charge on any atom is 0.259 e. The molecule has 9 heteroatoms. The van der Waals surface area contributed by atoms with Crippen molar-refractivity contribution in [2.75, 3.05) is 51.0 Å². The second kappa shape index (κ2) is 9.16. The van der Waals surface area contributed by atoms with Crippen molar-refractivity contribution >= 4 is 17.5 Å². The SMILES string of the molecule is CNc1ccnc(Nc2cnc(OC)c(ONCCN3CCCC3)c2)n1. The Morgan fingerprint density at radius 3 is 2.85 bits per heavy atom. The number of hydrogen-bond donors (Lipinski definition) is 3. The van der Waals surface area contributed by atoms with Crippen LogP contribution in [0.1, 0.15) is 12.8 Å². The van der Waals surface area contributed by atoms with E-state index in [4.69, 9.17) is 9.57 Å². The van der Waals surface area contributed by atoms with Crippen molar-refractivity contribution in [2.45, 2.75) is 12.8 Å². The van der Waals surface area contributed by atoms with Crippen molar-refractivity contribution in [3.05, 3.63) is 24.5 Å². The molecule has 3 rings (SSSR count). The largest absolute Gasteiger partial charge is 0.478 e. The molecule has 0 radical (unpaired) electrons. The lowest BCUT2D eigenvalue weighted by molar-refractivity contribution is 0.170. The summed E-state index contributed by atoms with van der Waals surface area (Å²) in [5, 5.41) is 6.08. The molecule has 2 aromatic heterocycles. The van der Waals surface area contributed by atoms with Crippen molar-refractivity contribution in [2.24, 2.45) is 0 Å². The van der Waals surface area contributed by atoms with E-state index in [9.17, 15) is 0 Å². The van der Waals surface area contributed by atoms with Gasteiger partial charge in [-0.2, -0.15) is 10.5 Å². The van der Waals surface area contributed by atoms with Crippen LogP contribution in [0, 0.1) is 0 Å². The van der Waals surface area contributed by atoms with Gasteiger partial charge in [0.2, 0.25) is 11.7 Å². The molecule has 9 nitrogen and oxygen atoms in total. The second-order valence-electron chi connectivity index (χ2n) is 5.92. The number of anilines is 3. The molecule has 2 aromatic rings. The van der Waals surface area contributed by atoms with Gasteiger partial charge in [-0.05, 0) is 32.0 Å². The number of methoxy groups -OCH3 is 1. The summed E-state index contributed by atoms with van der Waals surface area (Å²) in [5.41, 5.74) is 3.69. The van der Waals surface area contributed by atoms with Gasteiger partial charge in [0, 0.05) is 32.4 Å². The monoisotopic (exact) mass is 359 g/mol. The van der Waals surface area contributed by atoms with Crippen molar-refractivity contribution in [3.8, 4) is 11.6 Å². The van der Waals surface area contributed by atoms with E-state index in [2.05, 4.69) is 36.0 Å². The van der Waals surface area contributed by atoms with Gasteiger partial charge in [0.15, 0.2) is 0 Å². The van der Waals surface area contributed by atoms with Crippen molar-refractivity contribution < 1.29 is 9.57 Å². The Bertz CT molecular complexity index is 707. The number of aromatic nitrogens is 3. The molecule has 0 unspecified atom stereocenters. The Balaban J connectivity index is 1.59. The van der Waals surface area contributed by atoms with Crippen molar-refractivity contribution in [3.63, 3.8) is 0 Å². The first kappa shape index (κ1) is 18.2. The van der Waals surface area contributed by atoms with Crippen LogP contribution in [-0.2, 0) is 0 Å². The summed E-state index contributed by atoms with van der Waals surface area (Å²) in [5.74, 6) is 2.11. The Morgan fingerprint density at radius 2 is 2.08 bits per heavy atom. The molecule has 1 aliphatic heterocycles. The Morgan fingerprint density at radius 1 is 1.23 bits per heavy atom. The molecule has 0 saturated carbocycles. The van der Waals surface area contributed by atoms with Gasteiger partial charge >= 0.3 is 0 Å². The van der Waals surface area contributed by atoms with Crippen LogP contribution in [0.4, 0.5) is 17.5 Å². The molecule has 0 aliphatic carbocycles. The topological polar surface area (TPSA) is 96.5 Å². The van der Waals surface area contributed by atoms with Crippen molar-refractivity contribution in [1.29, 1.82) is 0 Å². The third kappa shape index (κ3) is 4.93. The molecule has 0 spiro atoms. The van der Waals surface area contributed by atoms with Crippen LogP contribution >= 0.6 is 0 Å². The highest BCUT2D eigenvalue weighted by Gasteiger charge is 2.12. The zero-order valence-corrected chi connectivity index (χ0v) is 15.2. The molecule has 140 valence electrons. The summed E-state index contributed by atoms with van der Waals surface area (Å²) in [6.07, 6.45) is 5.88. The van der Waals surface area contributed by atoms with E-state index in [0.29, 0.717) is 23.3 Å². The van der Waals surface area contributed by atoms with E-state index >= 15 is 0 Å². The zero-order chi connectivity index (χ0) is 18.2. The third-order valence-corrected chi connectivity index (χ3v) is 4.09. The lowest BCUT2D eigenvalue weighted by Crippen LogP contribution is -2.31. The van der Waals surface area contributed by atoms with Crippen LogP contribution in [0.2, 0.25) is 0 Å². The van der Waals surface area contributed by atoms with Gasteiger partial charge in [-0.1, -0.05) is 0 Å². The Labute approximate surface area is 153 Å². The Kier molecular flexibility index (Phi) is 6.39. The number of rotatable bonds is 9. The van der Waals surface area contributed by atoms with Crippen LogP contribution in [0.25, 0.3) is 0 Å². The molecular weight excluding hydrogens is 334 g/mol. The van der Waals surface area contributed by atoms with E-state index in [1.807, 2.05) is 0 Å². The predicted octanol–water partition coefficient (Wildman–Crippen LogP) is 1.64. The highest BCUT2D eigenvalue weighted by Crippen LogP contribution is 2.27. The molecular formula is C17H25N7O2. The molecule has 3 heterocycles. The summed E-state index contributed by atoms with van der Waals surface area (Å²) < 4.78 is 5.26. The standard InChI is InChI=1S/C17H25N7O2/c1-18-15-5-6-19-17(23-15)22-13-11-14(16(25-2)20-12-13)26-21-7-10-24-8-3-4-9-24/h5-6,11-12,21H,3-4,7-10H2,1-2H3,(H2,18,19,22,23). The third-order valence-electron chi connectivity index (χ3n) is 4.09. The van der Waals surface area contributed by atoms with Crippen LogP contribution in [-0.4, -0.2) is 60.2 Å². The smallest absolute Gasteiger partial charge is 0.259 e. The first-order valence-corrected chi connectivity index (χ1v) is 8.72. The average Bonchev–Trinajstić information content (AvgIpc) is 3.19. The van der Waals surface area contributed by atoms with Gasteiger partial charge in [0.25, 0.3) is 5.88 Å². The summed E-state index contributed by atoms with van der Waals surface area (Å²) >= 11 is 0. The van der Waals surface area contributed by atoms with E-state index < -0.39 is 0 Å². The minimum absolute atomic E-state index is 0.411. The van der Waals surface area contributed by atoms with Crippen LogP contribution in [0.3, 0.4) is 0 Å². The molecule has 26 heavy (non-hydrogen) atoms. The van der Waals surface area contributed by atoms with Crippen LogP contribution in [0.5, 0.6) is 11.6 Å². The number of hydroxylamine groups is 1. The van der Waals surface area contributed by atoms with E-state index in [1.54, 1.807) is 38.7 Å². The molecule has 3 N–H and O–H groups in total. The maximum atomic E-state index is 5.65. The molecule has 0 bridgehead atoms. The maximum absolute atomic E-state index is 5.65. The first-order valence-electron chi connectivity index (χ1n) is 8.72. The van der Waals surface area contributed by atoms with E-state index in [1.165, 1.54) is 12.8 Å². The summed E-state index contributed by atoms with van der Waals surface area (Å²) in [7, 11) is 3.37. The molecule has 0 aromatic carbocycles. The predicted molar refractivity (Wildman–Crippen MR) is 100.0 cm³/mol. The number of pyridine rings is 1. The van der Waals surface area contributed by atoms with Crippen LogP contribution in [0.15, 0.2) is 24.5 Å². The fourth-order valence-corrected chi connectivity index (χ4v) is 2.75. The van der Waals surface area contributed by atoms with Gasteiger partial charge in [0.1, 0.15) is 5.82 Å². The molecule has 0 atom stereocenters. The molecule has 1 saturated heterocycles. The number of nitrogens with one attached hydrogen (secondary N) is 3. The fraction of sp³-hybridized carbons (Fsp3) is 0.471. The summed E-state index contributed by atoms with van der Waals surface area (Å²) in [6.45, 7) is 4.02. The number of hydrogen-bond acceptors (Lipinski definition) is 9. The average molecular weight is 359 g/mol. The number of nitrogens with zero attached hydrogens (tertiary/aromatic N) is 4. The molecule has 0 amide bonds. The Hall–Kier alpha value is -2.65. The van der Waals surface area contributed by atoms with E-state index in [0.717, 1.165) is 32.0 Å². The molecule has 1 fully saturated rings. The van der Waals surface area contributed by atoms with Gasteiger partial charge in [-0.15, -0.1) is 0 Å². The van der Waals surface area contributed by atoms with Gasteiger partial charge < -0.3 is 25.1 Å². The normalized spacial score (nSPS) is 14.2. The lowest BCUT2D eigenvalue weighted by atomic mass is 10.4. The minimum Gasteiger partial charge on any atom is -0.478 e. The second-order valence-corrected chi connectivity index (χ2v) is 5.92. The fourth-order valence-electron chi connectivity index (χ4n) is 2.75. The summed E-state index contributed by atoms with van der Waals surface area (Å²) in [4.78, 5) is 20.8.